The van der Waals surface area contributed by atoms with Gasteiger partial charge < -0.3 is 10.1 Å². The van der Waals surface area contributed by atoms with E-state index in [9.17, 15) is 9.59 Å². The van der Waals surface area contributed by atoms with E-state index in [2.05, 4.69) is 20.8 Å². The zero-order valence-electron chi connectivity index (χ0n) is 14.4. The molecule has 3 rings (SSSR count). The molecule has 0 spiro atoms. The fourth-order valence-corrected chi connectivity index (χ4v) is 2.83. The maximum atomic E-state index is 12.6. The number of carbonyl (C=O) groups excluding carboxylic acids is 2. The number of hydrogen-bond acceptors (Lipinski definition) is 6. The molecule has 0 saturated heterocycles. The van der Waals surface area contributed by atoms with Gasteiger partial charge in [0, 0.05) is 6.42 Å². The fraction of sp³-hybridized carbons (Fsp3) is 0.158. The van der Waals surface area contributed by atoms with Crippen LogP contribution in [0.5, 0.6) is 0 Å². The van der Waals surface area contributed by atoms with Crippen LogP contribution in [0.2, 0.25) is 0 Å². The predicted molar refractivity (Wildman–Crippen MR) is 102 cm³/mol. The van der Waals surface area contributed by atoms with Gasteiger partial charge in [-0.3, -0.25) is 10.1 Å². The molecular weight excluding hydrogens is 364 g/mol. The summed E-state index contributed by atoms with van der Waals surface area (Å²) in [5, 5.41) is 13.1. The molecule has 0 aliphatic rings. The van der Waals surface area contributed by atoms with E-state index in [1.165, 1.54) is 16.8 Å². The number of aromatic nitrogens is 2. The summed E-state index contributed by atoms with van der Waals surface area (Å²) in [5.74, 6) is -0.382. The Kier molecular flexibility index (Phi) is 6.48. The Bertz CT molecular complexity index is 857. The van der Waals surface area contributed by atoms with Gasteiger partial charge in [0.15, 0.2) is 0 Å². The number of benzene rings is 2. The van der Waals surface area contributed by atoms with E-state index in [4.69, 9.17) is 4.74 Å². The number of carbonyl (C=O) groups is 2. The molecule has 2 amide bonds. The molecule has 0 aliphatic heterocycles. The third kappa shape index (κ3) is 5.89. The van der Waals surface area contributed by atoms with Crippen molar-refractivity contribution in [3.8, 4) is 0 Å². The number of nitrogens with one attached hydrogen (secondary N) is 2. The Morgan fingerprint density at radius 1 is 1.00 bits per heavy atom. The molecule has 2 N–H and O–H groups in total. The monoisotopic (exact) mass is 382 g/mol. The molecular formula is C19H18N4O3S. The number of hydrogen-bond donors (Lipinski definition) is 2. The van der Waals surface area contributed by atoms with E-state index >= 15 is 0 Å². The van der Waals surface area contributed by atoms with Gasteiger partial charge in [0.1, 0.15) is 18.2 Å². The van der Waals surface area contributed by atoms with Crippen LogP contribution in [-0.4, -0.2) is 28.2 Å². The third-order valence-corrected chi connectivity index (χ3v) is 4.30. The SMILES string of the molecule is O=C(N[C@@H](Cc1ccccc1)C(=O)Nc1nncs1)OCc1ccccc1. The molecule has 2 aromatic carbocycles. The first-order valence-electron chi connectivity index (χ1n) is 8.29. The van der Waals surface area contributed by atoms with Crippen LogP contribution in [0.4, 0.5) is 9.93 Å². The van der Waals surface area contributed by atoms with Gasteiger partial charge in [0.25, 0.3) is 0 Å². The molecule has 0 unspecified atom stereocenters. The van der Waals surface area contributed by atoms with Crippen LogP contribution in [0, 0.1) is 0 Å². The van der Waals surface area contributed by atoms with Crippen LogP contribution in [0.15, 0.2) is 66.2 Å². The molecule has 0 fully saturated rings. The molecule has 27 heavy (non-hydrogen) atoms. The number of anilines is 1. The van der Waals surface area contributed by atoms with E-state index in [-0.39, 0.29) is 12.5 Å². The first-order valence-corrected chi connectivity index (χ1v) is 9.17. The summed E-state index contributed by atoms with van der Waals surface area (Å²) < 4.78 is 5.23. The van der Waals surface area contributed by atoms with Crippen molar-refractivity contribution >= 4 is 28.5 Å². The fourth-order valence-electron chi connectivity index (χ4n) is 2.39. The molecule has 0 radical (unpaired) electrons. The normalized spacial score (nSPS) is 11.4. The van der Waals surface area contributed by atoms with Crippen molar-refractivity contribution in [2.45, 2.75) is 19.1 Å². The third-order valence-electron chi connectivity index (χ3n) is 3.69. The van der Waals surface area contributed by atoms with Gasteiger partial charge in [-0.1, -0.05) is 72.0 Å². The van der Waals surface area contributed by atoms with Crippen LogP contribution < -0.4 is 10.6 Å². The molecule has 138 valence electrons. The Hall–Kier alpha value is -3.26. The molecule has 7 nitrogen and oxygen atoms in total. The average Bonchev–Trinajstić information content (AvgIpc) is 3.20. The van der Waals surface area contributed by atoms with Crippen molar-refractivity contribution in [1.82, 2.24) is 15.5 Å². The zero-order chi connectivity index (χ0) is 18.9. The lowest BCUT2D eigenvalue weighted by molar-refractivity contribution is -0.118. The highest BCUT2D eigenvalue weighted by atomic mass is 32.1. The van der Waals surface area contributed by atoms with Crippen molar-refractivity contribution in [2.24, 2.45) is 0 Å². The number of nitrogens with zero attached hydrogens (tertiary/aromatic N) is 2. The molecule has 8 heteroatoms. The Balaban J connectivity index is 1.63. The van der Waals surface area contributed by atoms with Crippen molar-refractivity contribution in [3.63, 3.8) is 0 Å². The number of amides is 2. The lowest BCUT2D eigenvalue weighted by atomic mass is 10.1. The minimum atomic E-state index is -0.806. The highest BCUT2D eigenvalue weighted by Crippen LogP contribution is 2.11. The first kappa shape index (κ1) is 18.5. The van der Waals surface area contributed by atoms with E-state index in [0.29, 0.717) is 11.6 Å². The second-order valence-corrected chi connectivity index (χ2v) is 6.51. The second kappa shape index (κ2) is 9.44. The lowest BCUT2D eigenvalue weighted by Crippen LogP contribution is -2.45. The van der Waals surface area contributed by atoms with E-state index < -0.39 is 12.1 Å². The number of ether oxygens (including phenoxy) is 1. The summed E-state index contributed by atoms with van der Waals surface area (Å²) in [6.45, 7) is 0.128. The van der Waals surface area contributed by atoms with Crippen molar-refractivity contribution in [2.75, 3.05) is 5.32 Å². The molecule has 0 aliphatic carbocycles. The maximum Gasteiger partial charge on any atom is 0.408 e. The summed E-state index contributed by atoms with van der Waals surface area (Å²) in [6.07, 6.45) is -0.335. The van der Waals surface area contributed by atoms with Gasteiger partial charge in [0.05, 0.1) is 0 Å². The average molecular weight is 382 g/mol. The zero-order valence-corrected chi connectivity index (χ0v) is 15.2. The van der Waals surface area contributed by atoms with E-state index in [1.54, 1.807) is 0 Å². The smallest absolute Gasteiger partial charge is 0.408 e. The Morgan fingerprint density at radius 2 is 1.67 bits per heavy atom. The van der Waals surface area contributed by atoms with Crippen LogP contribution >= 0.6 is 11.3 Å². The van der Waals surface area contributed by atoms with Crippen molar-refractivity contribution in [3.05, 3.63) is 77.3 Å². The van der Waals surface area contributed by atoms with Gasteiger partial charge in [-0.2, -0.15) is 0 Å². The minimum Gasteiger partial charge on any atom is -0.445 e. The van der Waals surface area contributed by atoms with Crippen molar-refractivity contribution < 1.29 is 14.3 Å². The Morgan fingerprint density at radius 3 is 2.30 bits per heavy atom. The summed E-state index contributed by atoms with van der Waals surface area (Å²) >= 11 is 1.20. The quantitative estimate of drug-likeness (QED) is 0.655. The largest absolute Gasteiger partial charge is 0.445 e. The summed E-state index contributed by atoms with van der Waals surface area (Å²) in [6, 6.07) is 18.0. The van der Waals surface area contributed by atoms with Crippen LogP contribution in [0.3, 0.4) is 0 Å². The molecule has 3 aromatic rings. The number of alkyl carbamates (subject to hydrolysis) is 1. The maximum absolute atomic E-state index is 12.6. The van der Waals surface area contributed by atoms with Crippen molar-refractivity contribution in [1.29, 1.82) is 0 Å². The Labute approximate surface area is 160 Å². The standard InChI is InChI=1S/C19H18N4O3S/c24-17(22-18-23-20-13-27-18)16(11-14-7-3-1-4-8-14)21-19(25)26-12-15-9-5-2-6-10-15/h1-10,13,16H,11-12H2,(H,21,25)(H,22,23,24)/t16-/m0/s1. The van der Waals surface area contributed by atoms with Gasteiger partial charge in [-0.25, -0.2) is 4.79 Å². The molecule has 1 heterocycles. The topological polar surface area (TPSA) is 93.2 Å². The summed E-state index contributed by atoms with van der Waals surface area (Å²) in [5.41, 5.74) is 3.30. The summed E-state index contributed by atoms with van der Waals surface area (Å²) in [4.78, 5) is 24.8. The molecule has 0 bridgehead atoms. The second-order valence-electron chi connectivity index (χ2n) is 5.68. The van der Waals surface area contributed by atoms with E-state index in [1.807, 2.05) is 60.7 Å². The molecule has 1 atom stereocenters. The first-order chi connectivity index (χ1) is 13.2. The van der Waals surface area contributed by atoms with Gasteiger partial charge in [-0.05, 0) is 11.1 Å². The molecule has 0 saturated carbocycles. The van der Waals surface area contributed by atoms with Gasteiger partial charge >= 0.3 is 6.09 Å². The van der Waals surface area contributed by atoms with Crippen LogP contribution in [-0.2, 0) is 22.6 Å². The lowest BCUT2D eigenvalue weighted by Gasteiger charge is -2.17. The van der Waals surface area contributed by atoms with Gasteiger partial charge in [0.2, 0.25) is 11.0 Å². The van der Waals surface area contributed by atoms with Crippen LogP contribution in [0.1, 0.15) is 11.1 Å². The highest BCUT2D eigenvalue weighted by molar-refractivity contribution is 7.13. The van der Waals surface area contributed by atoms with E-state index in [0.717, 1.165) is 11.1 Å². The summed E-state index contributed by atoms with van der Waals surface area (Å²) in [7, 11) is 0. The van der Waals surface area contributed by atoms with Crippen LogP contribution in [0.25, 0.3) is 0 Å². The highest BCUT2D eigenvalue weighted by Gasteiger charge is 2.23. The van der Waals surface area contributed by atoms with Gasteiger partial charge in [-0.15, -0.1) is 10.2 Å². The number of rotatable bonds is 7. The molecule has 1 aromatic heterocycles. The predicted octanol–water partition coefficient (Wildman–Crippen LogP) is 3.01. The minimum absolute atomic E-state index is 0.128.